The largest absolute Gasteiger partial charge is 0.484 e. The first-order valence-corrected chi connectivity index (χ1v) is 12.0. The zero-order chi connectivity index (χ0) is 23.8. The molecule has 3 N–H and O–H groups in total. The second kappa shape index (κ2) is 12.0. The summed E-state index contributed by atoms with van der Waals surface area (Å²) in [5.41, 5.74) is 6.02. The number of rotatable bonds is 7. The van der Waals surface area contributed by atoms with E-state index >= 15 is 0 Å². The Bertz CT molecular complexity index is 1170. The lowest BCUT2D eigenvalue weighted by Gasteiger charge is -2.13. The van der Waals surface area contributed by atoms with E-state index in [1.54, 1.807) is 18.2 Å². The Kier molecular flexibility index (Phi) is 9.04. The fourth-order valence-corrected chi connectivity index (χ4v) is 3.98. The van der Waals surface area contributed by atoms with Crippen LogP contribution in [-0.4, -0.2) is 30.1 Å². The highest BCUT2D eigenvalue weighted by Crippen LogP contribution is 2.34. The van der Waals surface area contributed by atoms with Gasteiger partial charge in [0.25, 0.3) is 11.8 Å². The Balaban J connectivity index is 1.39. The Morgan fingerprint density at radius 3 is 2.36 bits per heavy atom. The minimum Gasteiger partial charge on any atom is -0.484 e. The summed E-state index contributed by atoms with van der Waals surface area (Å²) in [6.45, 7) is 1.60. The summed E-state index contributed by atoms with van der Waals surface area (Å²) in [5, 5.41) is 4.35. The molecule has 3 rings (SSSR count). The zero-order valence-electron chi connectivity index (χ0n) is 17.6. The summed E-state index contributed by atoms with van der Waals surface area (Å²) in [7, 11) is 0. The molecule has 0 aliphatic rings. The van der Waals surface area contributed by atoms with Crippen LogP contribution in [0.15, 0.2) is 63.5 Å². The predicted molar refractivity (Wildman–Crippen MR) is 138 cm³/mol. The quantitative estimate of drug-likeness (QED) is 0.277. The second-order valence-electron chi connectivity index (χ2n) is 6.87. The number of thiocarbonyl (C=S) groups is 1. The summed E-state index contributed by atoms with van der Waals surface area (Å²) in [4.78, 5) is 24.0. The molecular weight excluding hydrogens is 574 g/mol. The van der Waals surface area contributed by atoms with Crippen molar-refractivity contribution in [1.29, 1.82) is 0 Å². The van der Waals surface area contributed by atoms with Gasteiger partial charge in [0.15, 0.2) is 18.3 Å². The molecule has 0 heterocycles. The lowest BCUT2D eigenvalue weighted by molar-refractivity contribution is -0.124. The number of aryl methyl sites for hydroxylation is 1. The van der Waals surface area contributed by atoms with Gasteiger partial charge in [0.2, 0.25) is 0 Å². The number of carbonyl (C=O) groups excluding carboxylic acids is 2. The van der Waals surface area contributed by atoms with E-state index in [-0.39, 0.29) is 18.3 Å². The number of hydrogen-bond acceptors (Lipinski definition) is 5. The van der Waals surface area contributed by atoms with Gasteiger partial charge in [-0.25, -0.2) is 0 Å². The number of nitrogens with one attached hydrogen (secondary N) is 3. The van der Waals surface area contributed by atoms with Crippen molar-refractivity contribution in [3.05, 3.63) is 69.1 Å². The Hall–Kier alpha value is -2.69. The number of hydrazine groups is 1. The Labute approximate surface area is 213 Å². The van der Waals surface area contributed by atoms with Crippen molar-refractivity contribution in [2.45, 2.75) is 13.3 Å². The van der Waals surface area contributed by atoms with Crippen molar-refractivity contribution >= 4 is 71.8 Å². The fourth-order valence-electron chi connectivity index (χ4n) is 2.82. The molecule has 172 valence electrons. The van der Waals surface area contributed by atoms with Crippen LogP contribution in [0.1, 0.15) is 12.5 Å². The molecule has 0 saturated carbocycles. The van der Waals surface area contributed by atoms with E-state index in [2.05, 4.69) is 55.0 Å². The molecule has 0 aliphatic carbocycles. The van der Waals surface area contributed by atoms with E-state index in [1.807, 2.05) is 36.4 Å². The highest BCUT2D eigenvalue weighted by atomic mass is 79.9. The summed E-state index contributed by atoms with van der Waals surface area (Å²) in [5.74, 6) is 0.185. The standard InChI is InChI=1S/C23H21Br2N3O4S/c1-2-14-3-7-17(8-4-14)31-12-20(29)26-23(33)28-27-21(30)13-32-19-10-5-15-11-16(24)6-9-18(15)22(19)25/h3-11H,2,12-13H2,1H3,(H,27,30)(H2,26,28,29,33). The van der Waals surface area contributed by atoms with Gasteiger partial charge in [0.05, 0.1) is 4.47 Å². The minimum atomic E-state index is -0.471. The third kappa shape index (κ3) is 7.41. The first-order chi connectivity index (χ1) is 15.9. The molecule has 0 bridgehead atoms. The molecule has 0 aliphatic heterocycles. The lowest BCUT2D eigenvalue weighted by atomic mass is 10.1. The number of hydrogen-bond donors (Lipinski definition) is 3. The van der Waals surface area contributed by atoms with Crippen LogP contribution >= 0.6 is 44.1 Å². The van der Waals surface area contributed by atoms with Crippen molar-refractivity contribution in [3.63, 3.8) is 0 Å². The molecule has 3 aromatic carbocycles. The van der Waals surface area contributed by atoms with Gasteiger partial charge in [-0.3, -0.25) is 25.8 Å². The molecule has 0 atom stereocenters. The van der Waals surface area contributed by atoms with Gasteiger partial charge in [-0.2, -0.15) is 0 Å². The van der Waals surface area contributed by atoms with E-state index in [0.717, 1.165) is 26.1 Å². The number of amides is 2. The average molecular weight is 595 g/mol. The number of ether oxygens (including phenoxy) is 2. The molecule has 10 heteroatoms. The van der Waals surface area contributed by atoms with E-state index in [4.69, 9.17) is 21.7 Å². The van der Waals surface area contributed by atoms with Crippen LogP contribution in [0.2, 0.25) is 0 Å². The zero-order valence-corrected chi connectivity index (χ0v) is 21.6. The highest BCUT2D eigenvalue weighted by Gasteiger charge is 2.10. The summed E-state index contributed by atoms with van der Waals surface area (Å²) in [6, 6.07) is 17.0. The molecule has 2 amide bonds. The molecule has 0 unspecified atom stereocenters. The topological polar surface area (TPSA) is 88.7 Å². The maximum absolute atomic E-state index is 12.1. The van der Waals surface area contributed by atoms with Gasteiger partial charge >= 0.3 is 0 Å². The molecule has 0 aromatic heterocycles. The predicted octanol–water partition coefficient (Wildman–Crippen LogP) is 4.41. The monoisotopic (exact) mass is 593 g/mol. The van der Waals surface area contributed by atoms with Crippen LogP contribution in [0, 0.1) is 0 Å². The molecule has 0 spiro atoms. The van der Waals surface area contributed by atoms with Crippen molar-refractivity contribution in [3.8, 4) is 11.5 Å². The lowest BCUT2D eigenvalue weighted by Crippen LogP contribution is -2.50. The van der Waals surface area contributed by atoms with Crippen LogP contribution < -0.4 is 25.6 Å². The van der Waals surface area contributed by atoms with Crippen molar-refractivity contribution in [2.24, 2.45) is 0 Å². The van der Waals surface area contributed by atoms with Crippen LogP contribution in [-0.2, 0) is 16.0 Å². The van der Waals surface area contributed by atoms with Gasteiger partial charge in [-0.05, 0) is 81.2 Å². The summed E-state index contributed by atoms with van der Waals surface area (Å²) < 4.78 is 12.7. The van der Waals surface area contributed by atoms with E-state index < -0.39 is 11.8 Å². The van der Waals surface area contributed by atoms with Crippen LogP contribution in [0.4, 0.5) is 0 Å². The Morgan fingerprint density at radius 2 is 1.64 bits per heavy atom. The first kappa shape index (κ1) is 24.9. The number of carbonyl (C=O) groups is 2. The van der Waals surface area contributed by atoms with Crippen LogP contribution in [0.3, 0.4) is 0 Å². The summed E-state index contributed by atoms with van der Waals surface area (Å²) >= 11 is 12.0. The first-order valence-electron chi connectivity index (χ1n) is 9.96. The number of benzene rings is 3. The second-order valence-corrected chi connectivity index (χ2v) is 8.99. The third-order valence-electron chi connectivity index (χ3n) is 4.51. The van der Waals surface area contributed by atoms with E-state index in [9.17, 15) is 9.59 Å². The van der Waals surface area contributed by atoms with Gasteiger partial charge in [0.1, 0.15) is 11.5 Å². The van der Waals surface area contributed by atoms with Gasteiger partial charge < -0.3 is 9.47 Å². The smallest absolute Gasteiger partial charge is 0.276 e. The highest BCUT2D eigenvalue weighted by molar-refractivity contribution is 9.11. The van der Waals surface area contributed by atoms with Gasteiger partial charge in [0, 0.05) is 4.47 Å². The molecule has 0 radical (unpaired) electrons. The normalized spacial score (nSPS) is 10.4. The van der Waals surface area contributed by atoms with E-state index in [1.165, 1.54) is 5.56 Å². The molecular formula is C23H21Br2N3O4S. The molecule has 0 fully saturated rings. The molecule has 7 nitrogen and oxygen atoms in total. The van der Waals surface area contributed by atoms with E-state index in [0.29, 0.717) is 11.5 Å². The number of halogens is 2. The maximum atomic E-state index is 12.1. The van der Waals surface area contributed by atoms with Gasteiger partial charge in [-0.15, -0.1) is 0 Å². The van der Waals surface area contributed by atoms with Crippen LogP contribution in [0.25, 0.3) is 10.8 Å². The third-order valence-corrected chi connectivity index (χ3v) is 6.02. The van der Waals surface area contributed by atoms with Gasteiger partial charge in [-0.1, -0.05) is 47.1 Å². The minimum absolute atomic E-state index is 0.0595. The summed E-state index contributed by atoms with van der Waals surface area (Å²) in [6.07, 6.45) is 0.926. The van der Waals surface area contributed by atoms with Crippen molar-refractivity contribution in [1.82, 2.24) is 16.2 Å². The van der Waals surface area contributed by atoms with Crippen molar-refractivity contribution in [2.75, 3.05) is 13.2 Å². The van der Waals surface area contributed by atoms with Crippen molar-refractivity contribution < 1.29 is 19.1 Å². The van der Waals surface area contributed by atoms with Crippen LogP contribution in [0.5, 0.6) is 11.5 Å². The number of fused-ring (bicyclic) bond motifs is 1. The Morgan fingerprint density at radius 1 is 0.909 bits per heavy atom. The molecule has 3 aromatic rings. The fraction of sp³-hybridized carbons (Fsp3) is 0.174. The maximum Gasteiger partial charge on any atom is 0.276 e. The average Bonchev–Trinajstić information content (AvgIpc) is 2.81. The molecule has 33 heavy (non-hydrogen) atoms. The SMILES string of the molecule is CCc1ccc(OCC(=O)NC(=S)NNC(=O)COc2ccc3cc(Br)ccc3c2Br)cc1. The molecule has 0 saturated heterocycles.